The molecule has 0 amide bonds. The number of halogens is 1. The predicted molar refractivity (Wildman–Crippen MR) is 93.9 cm³/mol. The van der Waals surface area contributed by atoms with Gasteiger partial charge >= 0.3 is 0 Å². The molecule has 0 fully saturated rings. The van der Waals surface area contributed by atoms with Crippen molar-refractivity contribution in [3.63, 3.8) is 0 Å². The first kappa shape index (κ1) is 16.7. The molecule has 0 spiro atoms. The number of benzene rings is 1. The summed E-state index contributed by atoms with van der Waals surface area (Å²) in [6.07, 6.45) is 2.12. The van der Waals surface area contributed by atoms with E-state index in [1.54, 1.807) is 23.5 Å². The van der Waals surface area contributed by atoms with Gasteiger partial charge in [-0.2, -0.15) is 11.8 Å². The van der Waals surface area contributed by atoms with Crippen LogP contribution < -0.4 is 5.32 Å². The van der Waals surface area contributed by atoms with Crippen LogP contribution in [0.3, 0.4) is 0 Å². The Balaban J connectivity index is 2.38. The van der Waals surface area contributed by atoms with Gasteiger partial charge < -0.3 is 5.32 Å². The van der Waals surface area contributed by atoms with E-state index in [4.69, 9.17) is 0 Å². The Kier molecular flexibility index (Phi) is 6.05. The normalized spacial score (nSPS) is 13.2. The number of nitrogens with one attached hydrogen (secondary N) is 1. The number of nitrogens with zero attached hydrogens (tertiary/aromatic N) is 1. The van der Waals surface area contributed by atoms with Crippen LogP contribution >= 0.6 is 23.1 Å². The van der Waals surface area contributed by atoms with Gasteiger partial charge in [-0.3, -0.25) is 4.90 Å². The van der Waals surface area contributed by atoms with Crippen LogP contribution in [-0.4, -0.2) is 37.0 Å². The van der Waals surface area contributed by atoms with Crippen molar-refractivity contribution in [2.75, 3.05) is 26.1 Å². The first-order chi connectivity index (χ1) is 10.1. The number of hydrogen-bond donors (Lipinski definition) is 1. The Hall–Kier alpha value is -0.620. The molecule has 0 aliphatic heterocycles. The topological polar surface area (TPSA) is 15.3 Å². The number of fused-ring (bicyclic) bond motifs is 1. The molecule has 0 bridgehead atoms. The molecule has 2 nitrogen and oxygen atoms in total. The fraction of sp³-hybridized carbons (Fsp3) is 0.500. The summed E-state index contributed by atoms with van der Waals surface area (Å²) >= 11 is 3.54. The van der Waals surface area contributed by atoms with Crippen molar-refractivity contribution in [3.05, 3.63) is 34.5 Å². The van der Waals surface area contributed by atoms with Gasteiger partial charge in [0.1, 0.15) is 5.82 Å². The predicted octanol–water partition coefficient (Wildman–Crippen LogP) is 3.94. The highest BCUT2D eigenvalue weighted by molar-refractivity contribution is 7.98. The zero-order valence-corrected chi connectivity index (χ0v) is 14.7. The van der Waals surface area contributed by atoms with Crippen LogP contribution in [0.2, 0.25) is 0 Å². The lowest BCUT2D eigenvalue weighted by Crippen LogP contribution is -2.30. The lowest BCUT2D eigenvalue weighted by molar-refractivity contribution is 0.270. The van der Waals surface area contributed by atoms with Gasteiger partial charge in [0.2, 0.25) is 0 Å². The second-order valence-electron chi connectivity index (χ2n) is 5.37. The van der Waals surface area contributed by atoms with Crippen molar-refractivity contribution in [1.29, 1.82) is 0 Å². The third-order valence-electron chi connectivity index (χ3n) is 3.75. The van der Waals surface area contributed by atoms with E-state index in [9.17, 15) is 4.39 Å². The molecular formula is C16H23FN2S2. The molecule has 0 saturated heterocycles. The summed E-state index contributed by atoms with van der Waals surface area (Å²) in [6, 6.07) is 5.84. The minimum Gasteiger partial charge on any atom is -0.315 e. The number of thiophene rings is 1. The molecule has 1 N–H and O–H groups in total. The van der Waals surface area contributed by atoms with E-state index in [1.165, 1.54) is 4.88 Å². The molecule has 1 heterocycles. The highest BCUT2D eigenvalue weighted by Crippen LogP contribution is 2.34. The number of hydrogen-bond acceptors (Lipinski definition) is 4. The van der Waals surface area contributed by atoms with E-state index in [0.717, 1.165) is 34.5 Å². The first-order valence-corrected chi connectivity index (χ1v) is 9.32. The third-order valence-corrected chi connectivity index (χ3v) is 5.77. The standard InChI is InChI=1S/C16H23FN2S2/c1-11(10-20-4)19(3)9-12-15(8-18-2)21-14-7-5-6-13(17)16(12)14/h5-7,11,18H,8-10H2,1-4H3. The lowest BCUT2D eigenvalue weighted by atomic mass is 10.1. The quantitative estimate of drug-likeness (QED) is 0.829. The summed E-state index contributed by atoms with van der Waals surface area (Å²) in [5.41, 5.74) is 1.14. The highest BCUT2D eigenvalue weighted by atomic mass is 32.2. The van der Waals surface area contributed by atoms with E-state index in [1.807, 2.05) is 24.9 Å². The molecule has 0 saturated carbocycles. The number of rotatable bonds is 7. The van der Waals surface area contributed by atoms with Crippen molar-refractivity contribution in [1.82, 2.24) is 10.2 Å². The summed E-state index contributed by atoms with van der Waals surface area (Å²) in [6.45, 7) is 3.80. The maximum absolute atomic E-state index is 14.3. The molecule has 1 aromatic carbocycles. The Morgan fingerprint density at radius 1 is 1.43 bits per heavy atom. The van der Waals surface area contributed by atoms with Gasteiger partial charge in [-0.05, 0) is 45.0 Å². The molecule has 21 heavy (non-hydrogen) atoms. The van der Waals surface area contributed by atoms with Gasteiger partial charge in [0.05, 0.1) is 0 Å². The van der Waals surface area contributed by atoms with Crippen LogP contribution in [0.1, 0.15) is 17.4 Å². The van der Waals surface area contributed by atoms with Gasteiger partial charge in [0.25, 0.3) is 0 Å². The summed E-state index contributed by atoms with van der Waals surface area (Å²) in [4.78, 5) is 3.55. The van der Waals surface area contributed by atoms with Crippen LogP contribution in [0.4, 0.5) is 4.39 Å². The fourth-order valence-corrected chi connectivity index (χ4v) is 4.44. The second kappa shape index (κ2) is 7.58. The number of thioether (sulfide) groups is 1. The largest absolute Gasteiger partial charge is 0.315 e. The van der Waals surface area contributed by atoms with Crippen molar-refractivity contribution in [2.24, 2.45) is 0 Å². The average molecular weight is 327 g/mol. The minimum atomic E-state index is -0.105. The van der Waals surface area contributed by atoms with Crippen LogP contribution in [0.25, 0.3) is 10.1 Å². The average Bonchev–Trinajstić information content (AvgIpc) is 2.79. The molecule has 2 aromatic rings. The molecule has 0 radical (unpaired) electrons. The molecule has 116 valence electrons. The Bertz CT molecular complexity index is 597. The highest BCUT2D eigenvalue weighted by Gasteiger charge is 2.18. The van der Waals surface area contributed by atoms with Gasteiger partial charge in [0.15, 0.2) is 0 Å². The van der Waals surface area contributed by atoms with Crippen molar-refractivity contribution >= 4 is 33.2 Å². The maximum Gasteiger partial charge on any atom is 0.132 e. The molecule has 5 heteroatoms. The fourth-order valence-electron chi connectivity index (χ4n) is 2.46. The van der Waals surface area contributed by atoms with E-state index in [-0.39, 0.29) is 5.82 Å². The van der Waals surface area contributed by atoms with Crippen LogP contribution in [0.5, 0.6) is 0 Å². The van der Waals surface area contributed by atoms with Crippen molar-refractivity contribution < 1.29 is 4.39 Å². The molecular weight excluding hydrogens is 303 g/mol. The first-order valence-electron chi connectivity index (χ1n) is 7.11. The van der Waals surface area contributed by atoms with E-state index >= 15 is 0 Å². The molecule has 1 unspecified atom stereocenters. The zero-order chi connectivity index (χ0) is 15.4. The van der Waals surface area contributed by atoms with Crippen LogP contribution in [0.15, 0.2) is 18.2 Å². The van der Waals surface area contributed by atoms with Gasteiger partial charge in [0, 0.05) is 39.8 Å². The Morgan fingerprint density at radius 2 is 2.19 bits per heavy atom. The van der Waals surface area contributed by atoms with E-state index < -0.39 is 0 Å². The van der Waals surface area contributed by atoms with Gasteiger partial charge in [-0.25, -0.2) is 4.39 Å². The third kappa shape index (κ3) is 3.77. The molecule has 1 aromatic heterocycles. The van der Waals surface area contributed by atoms with E-state index in [2.05, 4.69) is 30.4 Å². The Labute approximate surface area is 134 Å². The second-order valence-corrected chi connectivity index (χ2v) is 7.41. The molecule has 2 rings (SSSR count). The summed E-state index contributed by atoms with van der Waals surface area (Å²) in [5.74, 6) is 0.981. The summed E-state index contributed by atoms with van der Waals surface area (Å²) in [5, 5.41) is 4.00. The maximum atomic E-state index is 14.3. The summed E-state index contributed by atoms with van der Waals surface area (Å²) < 4.78 is 15.3. The van der Waals surface area contributed by atoms with Crippen LogP contribution in [0, 0.1) is 5.82 Å². The Morgan fingerprint density at radius 3 is 2.86 bits per heavy atom. The zero-order valence-electron chi connectivity index (χ0n) is 13.1. The monoisotopic (exact) mass is 326 g/mol. The summed E-state index contributed by atoms with van der Waals surface area (Å²) in [7, 11) is 4.05. The van der Waals surface area contributed by atoms with E-state index in [0.29, 0.717) is 6.04 Å². The van der Waals surface area contributed by atoms with Gasteiger partial charge in [-0.15, -0.1) is 11.3 Å². The molecule has 0 aliphatic rings. The molecule has 1 atom stereocenters. The van der Waals surface area contributed by atoms with Crippen LogP contribution in [-0.2, 0) is 13.1 Å². The lowest BCUT2D eigenvalue weighted by Gasteiger charge is -2.24. The SMILES string of the molecule is CNCc1sc2cccc(F)c2c1CN(C)C(C)CSC. The molecule has 0 aliphatic carbocycles. The minimum absolute atomic E-state index is 0.105. The van der Waals surface area contributed by atoms with Gasteiger partial charge in [-0.1, -0.05) is 6.07 Å². The van der Waals surface area contributed by atoms with Crippen molar-refractivity contribution in [2.45, 2.75) is 26.1 Å². The smallest absolute Gasteiger partial charge is 0.132 e. The van der Waals surface area contributed by atoms with Crippen molar-refractivity contribution in [3.8, 4) is 0 Å².